The Kier molecular flexibility index (Phi) is 3.18. The molecule has 1 aromatic carbocycles. The van der Waals surface area contributed by atoms with Gasteiger partial charge >= 0.3 is 6.18 Å². The van der Waals surface area contributed by atoms with Crippen LogP contribution in [0.3, 0.4) is 0 Å². The van der Waals surface area contributed by atoms with Gasteiger partial charge in [-0.05, 0) is 28.1 Å². The molecule has 0 fully saturated rings. The van der Waals surface area contributed by atoms with Gasteiger partial charge in [-0.25, -0.2) is 4.68 Å². The standard InChI is InChI=1S/C10H5BrClF3N2/c11-6-5-16-17(9(6)10(13,14)15)8-4-2-1-3-7(8)12/h1-5H. The van der Waals surface area contributed by atoms with Gasteiger partial charge in [0.15, 0.2) is 5.69 Å². The predicted octanol–water partition coefficient (Wildman–Crippen LogP) is 4.31. The van der Waals surface area contributed by atoms with Crippen molar-refractivity contribution in [1.29, 1.82) is 0 Å². The Hall–Kier alpha value is -1.01. The first kappa shape index (κ1) is 12.4. The molecule has 0 aliphatic rings. The van der Waals surface area contributed by atoms with Crippen LogP contribution >= 0.6 is 27.5 Å². The maximum Gasteiger partial charge on any atom is 0.434 e. The summed E-state index contributed by atoms with van der Waals surface area (Å²) in [6, 6.07) is 6.21. The van der Waals surface area contributed by atoms with Crippen LogP contribution in [0.4, 0.5) is 13.2 Å². The van der Waals surface area contributed by atoms with Crippen molar-refractivity contribution in [1.82, 2.24) is 9.78 Å². The van der Waals surface area contributed by atoms with Crippen molar-refractivity contribution >= 4 is 27.5 Å². The second-order valence-corrected chi connectivity index (χ2v) is 4.46. The molecule has 7 heteroatoms. The van der Waals surface area contributed by atoms with E-state index in [1.807, 2.05) is 0 Å². The van der Waals surface area contributed by atoms with Crippen LogP contribution < -0.4 is 0 Å². The average molecular weight is 326 g/mol. The van der Waals surface area contributed by atoms with Crippen LogP contribution in [0.25, 0.3) is 5.69 Å². The molecule has 0 amide bonds. The van der Waals surface area contributed by atoms with E-state index in [2.05, 4.69) is 21.0 Å². The van der Waals surface area contributed by atoms with Gasteiger partial charge in [-0.3, -0.25) is 0 Å². The summed E-state index contributed by atoms with van der Waals surface area (Å²) in [6.07, 6.45) is -3.42. The van der Waals surface area contributed by atoms with E-state index in [1.54, 1.807) is 12.1 Å². The number of hydrogen-bond donors (Lipinski definition) is 0. The molecule has 1 aromatic heterocycles. The fourth-order valence-electron chi connectivity index (χ4n) is 1.39. The molecule has 0 bridgehead atoms. The molecular formula is C10H5BrClF3N2. The van der Waals surface area contributed by atoms with E-state index in [0.717, 1.165) is 10.9 Å². The van der Waals surface area contributed by atoms with Crippen LogP contribution in [0.2, 0.25) is 5.02 Å². The van der Waals surface area contributed by atoms with Crippen LogP contribution in [0.15, 0.2) is 34.9 Å². The van der Waals surface area contributed by atoms with E-state index in [9.17, 15) is 13.2 Å². The van der Waals surface area contributed by atoms with Crippen molar-refractivity contribution in [2.24, 2.45) is 0 Å². The summed E-state index contributed by atoms with van der Waals surface area (Å²) >= 11 is 8.67. The van der Waals surface area contributed by atoms with Crippen molar-refractivity contribution < 1.29 is 13.2 Å². The molecule has 1 heterocycles. The SMILES string of the molecule is FC(F)(F)c1c(Br)cnn1-c1ccccc1Cl. The Morgan fingerprint density at radius 2 is 1.88 bits per heavy atom. The quantitative estimate of drug-likeness (QED) is 0.764. The van der Waals surface area contributed by atoms with Gasteiger partial charge < -0.3 is 0 Å². The number of aromatic nitrogens is 2. The molecule has 0 aliphatic carbocycles. The third kappa shape index (κ3) is 2.32. The Labute approximate surface area is 108 Å². The lowest BCUT2D eigenvalue weighted by atomic mass is 10.3. The highest BCUT2D eigenvalue weighted by molar-refractivity contribution is 9.10. The Morgan fingerprint density at radius 1 is 1.24 bits per heavy atom. The second kappa shape index (κ2) is 4.34. The molecule has 17 heavy (non-hydrogen) atoms. The maximum absolute atomic E-state index is 12.8. The number of nitrogens with zero attached hydrogens (tertiary/aromatic N) is 2. The highest BCUT2D eigenvalue weighted by atomic mass is 79.9. The van der Waals surface area contributed by atoms with E-state index in [1.165, 1.54) is 12.1 Å². The number of halogens is 5. The van der Waals surface area contributed by atoms with Crippen LogP contribution in [0.5, 0.6) is 0 Å². The van der Waals surface area contributed by atoms with Crippen molar-refractivity contribution in [3.05, 3.63) is 45.7 Å². The van der Waals surface area contributed by atoms with Gasteiger partial charge in [0.25, 0.3) is 0 Å². The Balaban J connectivity index is 2.66. The van der Waals surface area contributed by atoms with Gasteiger partial charge in [0.1, 0.15) is 0 Å². The number of alkyl halides is 3. The first-order chi connectivity index (χ1) is 7.91. The van der Waals surface area contributed by atoms with Crippen LogP contribution in [0, 0.1) is 0 Å². The number of benzene rings is 1. The fraction of sp³-hybridized carbons (Fsp3) is 0.100. The molecule has 0 saturated carbocycles. The summed E-state index contributed by atoms with van der Waals surface area (Å²) in [7, 11) is 0. The molecule has 2 rings (SSSR count). The second-order valence-electron chi connectivity index (χ2n) is 3.20. The predicted molar refractivity (Wildman–Crippen MR) is 61.3 cm³/mol. The lowest BCUT2D eigenvalue weighted by molar-refractivity contribution is -0.143. The normalized spacial score (nSPS) is 11.8. The lowest BCUT2D eigenvalue weighted by Crippen LogP contribution is -2.14. The number of hydrogen-bond acceptors (Lipinski definition) is 1. The molecule has 0 spiro atoms. The third-order valence-corrected chi connectivity index (χ3v) is 2.97. The first-order valence-electron chi connectivity index (χ1n) is 4.47. The molecule has 0 aliphatic heterocycles. The highest BCUT2D eigenvalue weighted by Crippen LogP contribution is 2.37. The van der Waals surface area contributed by atoms with Crippen LogP contribution in [-0.4, -0.2) is 9.78 Å². The van der Waals surface area contributed by atoms with Gasteiger partial charge in [-0.2, -0.15) is 18.3 Å². The topological polar surface area (TPSA) is 17.8 Å². The summed E-state index contributed by atoms with van der Waals surface area (Å²) in [5.74, 6) is 0. The Bertz CT molecular complexity index is 551. The largest absolute Gasteiger partial charge is 0.434 e. The monoisotopic (exact) mass is 324 g/mol. The van der Waals surface area contributed by atoms with E-state index >= 15 is 0 Å². The van der Waals surface area contributed by atoms with Crippen LogP contribution in [0.1, 0.15) is 5.69 Å². The molecule has 0 radical (unpaired) electrons. The van der Waals surface area contributed by atoms with Crippen molar-refractivity contribution in [3.8, 4) is 5.69 Å². The van der Waals surface area contributed by atoms with Crippen molar-refractivity contribution in [3.63, 3.8) is 0 Å². The minimum Gasteiger partial charge on any atom is -0.226 e. The van der Waals surface area contributed by atoms with Gasteiger partial charge in [-0.1, -0.05) is 23.7 Å². The summed E-state index contributed by atoms with van der Waals surface area (Å²) < 4.78 is 39.1. The summed E-state index contributed by atoms with van der Waals surface area (Å²) in [6.45, 7) is 0. The van der Waals surface area contributed by atoms with Gasteiger partial charge in [0.05, 0.1) is 21.4 Å². The number of para-hydroxylation sites is 1. The summed E-state index contributed by atoms with van der Waals surface area (Å²) in [4.78, 5) is 0. The Morgan fingerprint density at radius 3 is 2.47 bits per heavy atom. The molecule has 0 N–H and O–H groups in total. The molecule has 0 atom stereocenters. The molecule has 90 valence electrons. The average Bonchev–Trinajstić information content (AvgIpc) is 2.60. The fourth-order valence-corrected chi connectivity index (χ4v) is 2.09. The van der Waals surface area contributed by atoms with Gasteiger partial charge in [-0.15, -0.1) is 0 Å². The summed E-state index contributed by atoms with van der Waals surface area (Å²) in [5.41, 5.74) is -0.696. The molecule has 0 saturated heterocycles. The zero-order valence-electron chi connectivity index (χ0n) is 8.17. The molecule has 2 aromatic rings. The van der Waals surface area contributed by atoms with Crippen LogP contribution in [-0.2, 0) is 6.18 Å². The first-order valence-corrected chi connectivity index (χ1v) is 5.64. The van der Waals surface area contributed by atoms with Crippen molar-refractivity contribution in [2.45, 2.75) is 6.18 Å². The lowest BCUT2D eigenvalue weighted by Gasteiger charge is -2.11. The minimum absolute atomic E-state index is 0.120. The third-order valence-electron chi connectivity index (χ3n) is 2.07. The van der Waals surface area contributed by atoms with Gasteiger partial charge in [0, 0.05) is 0 Å². The van der Waals surface area contributed by atoms with Gasteiger partial charge in [0.2, 0.25) is 0 Å². The number of rotatable bonds is 1. The minimum atomic E-state index is -4.51. The maximum atomic E-state index is 12.8. The smallest absolute Gasteiger partial charge is 0.226 e. The van der Waals surface area contributed by atoms with E-state index in [4.69, 9.17) is 11.6 Å². The van der Waals surface area contributed by atoms with E-state index in [-0.39, 0.29) is 15.2 Å². The summed E-state index contributed by atoms with van der Waals surface area (Å²) in [5, 5.41) is 3.88. The van der Waals surface area contributed by atoms with Crippen molar-refractivity contribution in [2.75, 3.05) is 0 Å². The highest BCUT2D eigenvalue weighted by Gasteiger charge is 2.38. The van der Waals surface area contributed by atoms with E-state index < -0.39 is 11.9 Å². The molecular weight excluding hydrogens is 320 g/mol. The molecule has 0 unspecified atom stereocenters. The zero-order valence-corrected chi connectivity index (χ0v) is 10.5. The molecule has 2 nitrogen and oxygen atoms in total. The zero-order chi connectivity index (χ0) is 12.6. The van der Waals surface area contributed by atoms with E-state index in [0.29, 0.717) is 0 Å².